The molecule has 0 radical (unpaired) electrons. The number of benzene rings is 2. The lowest BCUT2D eigenvalue weighted by atomic mass is 10.1. The minimum atomic E-state index is -3.95. The molecule has 0 saturated carbocycles. The first-order chi connectivity index (χ1) is 18.3. The number of thiazole rings is 1. The Morgan fingerprint density at radius 1 is 1.15 bits per heavy atom. The fourth-order valence-electron chi connectivity index (χ4n) is 4.16. The number of ether oxygens (including phenoxy) is 1. The number of cyclic esters (lactones) is 1. The lowest BCUT2D eigenvalue weighted by Gasteiger charge is -2.27. The van der Waals surface area contributed by atoms with E-state index in [2.05, 4.69) is 15.0 Å². The molecule has 0 atom stereocenters. The van der Waals surface area contributed by atoms with E-state index in [-0.39, 0.29) is 16.7 Å². The standard InChI is InChI=1S/C28H34N4O5S2/c1-18(2)15-25(33)30-20-9-7-19(8-10-20)26-29-17-23(38-26)22-12-11-21(32-13-6-14-37-27(32)34)16-24(22)39(35,36)31-28(3,4)5/h7-12,16-18,31H,6,13-15H2,1-5H3,(H,30,33). The molecule has 1 aliphatic heterocycles. The Hall–Kier alpha value is -3.28. The van der Waals surface area contributed by atoms with Gasteiger partial charge in [0.1, 0.15) is 5.01 Å². The number of anilines is 2. The van der Waals surface area contributed by atoms with Gasteiger partial charge in [-0.25, -0.2) is 22.9 Å². The fourth-order valence-corrected chi connectivity index (χ4v) is 6.84. The molecule has 1 saturated heterocycles. The molecule has 2 aromatic carbocycles. The summed E-state index contributed by atoms with van der Waals surface area (Å²) in [7, 11) is -3.95. The molecule has 0 unspecified atom stereocenters. The minimum absolute atomic E-state index is 0.0341. The molecule has 2 amide bonds. The third-order valence-corrected chi connectivity index (χ3v) is 8.64. The molecule has 208 valence electrons. The predicted octanol–water partition coefficient (Wildman–Crippen LogP) is 5.89. The zero-order valence-corrected chi connectivity index (χ0v) is 24.4. The third kappa shape index (κ3) is 7.23. The van der Waals surface area contributed by atoms with Gasteiger partial charge in [0, 0.05) is 47.2 Å². The van der Waals surface area contributed by atoms with Crippen molar-refractivity contribution in [1.82, 2.24) is 9.71 Å². The SMILES string of the molecule is CC(C)CC(=O)Nc1ccc(-c2ncc(-c3ccc(N4CCCOC4=O)cc3S(=O)(=O)NC(C)(C)C)s2)cc1. The van der Waals surface area contributed by atoms with Crippen molar-refractivity contribution in [2.24, 2.45) is 5.92 Å². The molecule has 0 bridgehead atoms. The second-order valence-electron chi connectivity index (χ2n) is 10.9. The van der Waals surface area contributed by atoms with Gasteiger partial charge in [-0.1, -0.05) is 19.9 Å². The summed E-state index contributed by atoms with van der Waals surface area (Å²) in [4.78, 5) is 31.1. The van der Waals surface area contributed by atoms with Crippen molar-refractivity contribution in [2.45, 2.75) is 57.9 Å². The second-order valence-corrected chi connectivity index (χ2v) is 13.6. The number of carbonyl (C=O) groups is 2. The highest BCUT2D eigenvalue weighted by Gasteiger charge is 2.29. The van der Waals surface area contributed by atoms with Crippen LogP contribution in [0, 0.1) is 5.92 Å². The minimum Gasteiger partial charge on any atom is -0.449 e. The van der Waals surface area contributed by atoms with E-state index in [4.69, 9.17) is 4.74 Å². The summed E-state index contributed by atoms with van der Waals surface area (Å²) in [5, 5.41) is 3.60. The monoisotopic (exact) mass is 570 g/mol. The van der Waals surface area contributed by atoms with Crippen molar-refractivity contribution >= 4 is 44.7 Å². The van der Waals surface area contributed by atoms with Crippen molar-refractivity contribution in [3.05, 3.63) is 48.7 Å². The summed E-state index contributed by atoms with van der Waals surface area (Å²) in [5.41, 5.74) is 1.79. The Kier molecular flexibility index (Phi) is 8.43. The highest BCUT2D eigenvalue weighted by Crippen LogP contribution is 2.38. The Labute approximate surface area is 233 Å². The third-order valence-electron chi connectivity index (χ3n) is 5.76. The molecule has 0 aliphatic carbocycles. The van der Waals surface area contributed by atoms with Gasteiger partial charge in [-0.2, -0.15) is 0 Å². The topological polar surface area (TPSA) is 118 Å². The fraction of sp³-hybridized carbons (Fsp3) is 0.393. The van der Waals surface area contributed by atoms with E-state index in [0.717, 1.165) is 5.56 Å². The maximum absolute atomic E-state index is 13.5. The van der Waals surface area contributed by atoms with E-state index in [1.807, 2.05) is 38.1 Å². The zero-order valence-electron chi connectivity index (χ0n) is 22.8. The van der Waals surface area contributed by atoms with E-state index in [0.29, 0.717) is 52.8 Å². The second kappa shape index (κ2) is 11.4. The van der Waals surface area contributed by atoms with Gasteiger partial charge in [0.05, 0.1) is 16.4 Å². The molecule has 1 fully saturated rings. The Morgan fingerprint density at radius 2 is 1.87 bits per heavy atom. The van der Waals surface area contributed by atoms with Crippen LogP contribution in [0.15, 0.2) is 53.6 Å². The Bertz CT molecular complexity index is 1460. The van der Waals surface area contributed by atoms with Crippen LogP contribution in [0.1, 0.15) is 47.5 Å². The van der Waals surface area contributed by atoms with Crippen LogP contribution in [0.3, 0.4) is 0 Å². The summed E-state index contributed by atoms with van der Waals surface area (Å²) < 4.78 is 34.9. The summed E-state index contributed by atoms with van der Waals surface area (Å²) in [6, 6.07) is 12.3. The van der Waals surface area contributed by atoms with Gasteiger partial charge in [0.2, 0.25) is 15.9 Å². The first kappa shape index (κ1) is 28.7. The molecular formula is C28H34N4O5S2. The molecule has 1 aliphatic rings. The molecule has 3 aromatic rings. The molecule has 11 heteroatoms. The molecule has 1 aromatic heterocycles. The van der Waals surface area contributed by atoms with E-state index in [1.54, 1.807) is 39.1 Å². The Balaban J connectivity index is 1.67. The van der Waals surface area contributed by atoms with Crippen LogP contribution < -0.4 is 14.9 Å². The molecule has 9 nitrogen and oxygen atoms in total. The number of amides is 2. The summed E-state index contributed by atoms with van der Waals surface area (Å²) in [5.74, 6) is 0.237. The molecule has 39 heavy (non-hydrogen) atoms. The van der Waals surface area contributed by atoms with Crippen LogP contribution in [0.4, 0.5) is 16.2 Å². The highest BCUT2D eigenvalue weighted by atomic mass is 32.2. The molecule has 0 spiro atoms. The van der Waals surface area contributed by atoms with Gasteiger partial charge in [0.25, 0.3) is 0 Å². The van der Waals surface area contributed by atoms with Crippen LogP contribution >= 0.6 is 11.3 Å². The van der Waals surface area contributed by atoms with Crippen molar-refractivity contribution in [3.63, 3.8) is 0 Å². The number of nitrogens with zero attached hydrogens (tertiary/aromatic N) is 2. The van der Waals surface area contributed by atoms with Crippen LogP contribution in [0.2, 0.25) is 0 Å². The number of carbonyl (C=O) groups excluding carboxylic acids is 2. The van der Waals surface area contributed by atoms with E-state index < -0.39 is 21.7 Å². The molecule has 2 heterocycles. The zero-order chi connectivity index (χ0) is 28.4. The van der Waals surface area contributed by atoms with Crippen molar-refractivity contribution in [1.29, 1.82) is 0 Å². The molecule has 4 rings (SSSR count). The van der Waals surface area contributed by atoms with Gasteiger partial charge in [-0.15, -0.1) is 11.3 Å². The smallest absolute Gasteiger partial charge is 0.414 e. The van der Waals surface area contributed by atoms with Crippen LogP contribution in [-0.4, -0.2) is 44.1 Å². The van der Waals surface area contributed by atoms with Gasteiger partial charge in [-0.05, 0) is 69.5 Å². The number of sulfonamides is 1. The van der Waals surface area contributed by atoms with Crippen LogP contribution in [0.25, 0.3) is 21.0 Å². The van der Waals surface area contributed by atoms with Crippen molar-refractivity contribution in [3.8, 4) is 21.0 Å². The number of hydrogen-bond acceptors (Lipinski definition) is 7. The average Bonchev–Trinajstić information content (AvgIpc) is 3.33. The van der Waals surface area contributed by atoms with Crippen molar-refractivity contribution in [2.75, 3.05) is 23.4 Å². The molecule has 2 N–H and O–H groups in total. The van der Waals surface area contributed by atoms with E-state index >= 15 is 0 Å². The lowest BCUT2D eigenvalue weighted by molar-refractivity contribution is -0.116. The largest absolute Gasteiger partial charge is 0.449 e. The first-order valence-corrected chi connectivity index (χ1v) is 15.1. The first-order valence-electron chi connectivity index (χ1n) is 12.8. The van der Waals surface area contributed by atoms with Crippen LogP contribution in [0.5, 0.6) is 0 Å². The summed E-state index contributed by atoms with van der Waals surface area (Å²) in [6.45, 7) is 10.1. The average molecular weight is 571 g/mol. The maximum Gasteiger partial charge on any atom is 0.414 e. The molecular weight excluding hydrogens is 536 g/mol. The normalized spacial score (nSPS) is 14.4. The highest BCUT2D eigenvalue weighted by molar-refractivity contribution is 7.89. The van der Waals surface area contributed by atoms with E-state index in [1.165, 1.54) is 22.3 Å². The predicted molar refractivity (Wildman–Crippen MR) is 154 cm³/mol. The maximum atomic E-state index is 13.5. The quantitative estimate of drug-likeness (QED) is 0.349. The lowest BCUT2D eigenvalue weighted by Crippen LogP contribution is -2.41. The van der Waals surface area contributed by atoms with E-state index in [9.17, 15) is 18.0 Å². The van der Waals surface area contributed by atoms with Crippen LogP contribution in [-0.2, 0) is 19.6 Å². The number of nitrogens with one attached hydrogen (secondary N) is 2. The summed E-state index contributed by atoms with van der Waals surface area (Å²) >= 11 is 1.36. The van der Waals surface area contributed by atoms with Crippen molar-refractivity contribution < 1.29 is 22.7 Å². The van der Waals surface area contributed by atoms with Gasteiger partial charge >= 0.3 is 6.09 Å². The number of rotatable bonds is 8. The Morgan fingerprint density at radius 3 is 2.51 bits per heavy atom. The van der Waals surface area contributed by atoms with Gasteiger partial charge in [0.15, 0.2) is 0 Å². The van der Waals surface area contributed by atoms with Gasteiger partial charge < -0.3 is 10.1 Å². The number of hydrogen-bond donors (Lipinski definition) is 2. The number of aromatic nitrogens is 1. The summed E-state index contributed by atoms with van der Waals surface area (Å²) in [6.07, 6.45) is 2.27. The van der Waals surface area contributed by atoms with Gasteiger partial charge in [-0.3, -0.25) is 9.69 Å².